The fourth-order valence-electron chi connectivity index (χ4n) is 1.42. The zero-order valence-corrected chi connectivity index (χ0v) is 10.1. The second kappa shape index (κ2) is 4.09. The molecule has 0 radical (unpaired) electrons. The van der Waals surface area contributed by atoms with Crippen LogP contribution in [-0.2, 0) is 0 Å². The van der Waals surface area contributed by atoms with Crippen molar-refractivity contribution in [1.82, 2.24) is 9.78 Å². The highest BCUT2D eigenvalue weighted by molar-refractivity contribution is 9.10. The molecule has 0 amide bonds. The lowest BCUT2D eigenvalue weighted by atomic mass is 10.3. The molecule has 0 bridgehead atoms. The van der Waals surface area contributed by atoms with Gasteiger partial charge in [-0.25, -0.2) is 9.48 Å². The third kappa shape index (κ3) is 1.99. The van der Waals surface area contributed by atoms with Gasteiger partial charge in [0.25, 0.3) is 0 Å². The van der Waals surface area contributed by atoms with Crippen molar-refractivity contribution in [3.63, 3.8) is 0 Å². The largest absolute Gasteiger partial charge is 0.478 e. The number of benzene rings is 1. The van der Waals surface area contributed by atoms with E-state index in [4.69, 9.17) is 5.11 Å². The number of aryl methyl sites for hydroxylation is 1. The van der Waals surface area contributed by atoms with E-state index in [-0.39, 0.29) is 5.56 Å². The quantitative estimate of drug-likeness (QED) is 0.920. The number of hydrogen-bond donors (Lipinski definition) is 1. The summed E-state index contributed by atoms with van der Waals surface area (Å²) in [4.78, 5) is 10.9. The van der Waals surface area contributed by atoms with E-state index in [2.05, 4.69) is 21.0 Å². The van der Waals surface area contributed by atoms with Gasteiger partial charge in [0.1, 0.15) is 5.56 Å². The molecule has 1 N–H and O–H groups in total. The van der Waals surface area contributed by atoms with Crippen LogP contribution in [0.4, 0.5) is 0 Å². The molecule has 4 nitrogen and oxygen atoms in total. The molecule has 16 heavy (non-hydrogen) atoms. The molecule has 5 heteroatoms. The van der Waals surface area contributed by atoms with Gasteiger partial charge in [-0.3, -0.25) is 0 Å². The standard InChI is InChI=1S/C11H9BrN2O2/c1-7-10(11(15)16)6-14(13-7)9-4-2-3-8(12)5-9/h2-6H,1H3,(H,15,16). The summed E-state index contributed by atoms with van der Waals surface area (Å²) in [5.41, 5.74) is 1.55. The van der Waals surface area contributed by atoms with E-state index in [0.29, 0.717) is 5.69 Å². The number of nitrogens with zero attached hydrogens (tertiary/aromatic N) is 2. The Morgan fingerprint density at radius 3 is 2.81 bits per heavy atom. The van der Waals surface area contributed by atoms with Crippen molar-refractivity contribution < 1.29 is 9.90 Å². The van der Waals surface area contributed by atoms with Gasteiger partial charge in [-0.2, -0.15) is 5.10 Å². The number of carbonyl (C=O) groups is 1. The second-order valence-corrected chi connectivity index (χ2v) is 4.27. The molecule has 0 saturated carbocycles. The van der Waals surface area contributed by atoms with Crippen molar-refractivity contribution in [3.05, 3.63) is 46.2 Å². The number of halogens is 1. The van der Waals surface area contributed by atoms with Crippen LogP contribution in [0, 0.1) is 6.92 Å². The monoisotopic (exact) mass is 280 g/mol. The Balaban J connectivity index is 2.49. The van der Waals surface area contributed by atoms with Gasteiger partial charge in [-0.05, 0) is 25.1 Å². The van der Waals surface area contributed by atoms with E-state index < -0.39 is 5.97 Å². The lowest BCUT2D eigenvalue weighted by Gasteiger charge is -2.00. The highest BCUT2D eigenvalue weighted by Crippen LogP contribution is 2.16. The van der Waals surface area contributed by atoms with Crippen molar-refractivity contribution in [1.29, 1.82) is 0 Å². The summed E-state index contributed by atoms with van der Waals surface area (Å²) >= 11 is 3.36. The van der Waals surface area contributed by atoms with E-state index in [1.54, 1.807) is 11.6 Å². The Labute approximate surface area is 101 Å². The fraction of sp³-hybridized carbons (Fsp3) is 0.0909. The average Bonchev–Trinajstić information content (AvgIpc) is 2.60. The minimum atomic E-state index is -0.959. The van der Waals surface area contributed by atoms with Gasteiger partial charge in [0.15, 0.2) is 0 Å². The predicted molar refractivity (Wildman–Crippen MR) is 63.0 cm³/mol. The van der Waals surface area contributed by atoms with Gasteiger partial charge in [-0.1, -0.05) is 22.0 Å². The van der Waals surface area contributed by atoms with Crippen molar-refractivity contribution in [2.75, 3.05) is 0 Å². The van der Waals surface area contributed by atoms with E-state index in [1.807, 2.05) is 24.3 Å². The Morgan fingerprint density at radius 2 is 2.25 bits per heavy atom. The van der Waals surface area contributed by atoms with Crippen LogP contribution < -0.4 is 0 Å². The number of aromatic nitrogens is 2. The van der Waals surface area contributed by atoms with Gasteiger partial charge in [0, 0.05) is 10.7 Å². The van der Waals surface area contributed by atoms with Crippen LogP contribution in [-0.4, -0.2) is 20.9 Å². The van der Waals surface area contributed by atoms with Gasteiger partial charge in [-0.15, -0.1) is 0 Å². The van der Waals surface area contributed by atoms with Gasteiger partial charge in [0.2, 0.25) is 0 Å². The molecule has 0 saturated heterocycles. The molecule has 0 unspecified atom stereocenters. The molecule has 2 rings (SSSR count). The maximum atomic E-state index is 10.9. The van der Waals surface area contributed by atoms with E-state index in [0.717, 1.165) is 10.2 Å². The van der Waals surface area contributed by atoms with Crippen LogP contribution in [0.25, 0.3) is 5.69 Å². The van der Waals surface area contributed by atoms with Crippen LogP contribution in [0.2, 0.25) is 0 Å². The first-order valence-corrected chi connectivity index (χ1v) is 5.43. The van der Waals surface area contributed by atoms with Crippen LogP contribution in [0.5, 0.6) is 0 Å². The zero-order chi connectivity index (χ0) is 11.7. The molecule has 1 aromatic heterocycles. The number of hydrogen-bond acceptors (Lipinski definition) is 2. The van der Waals surface area contributed by atoms with E-state index in [9.17, 15) is 4.79 Å². The summed E-state index contributed by atoms with van der Waals surface area (Å²) < 4.78 is 2.49. The minimum absolute atomic E-state index is 0.222. The highest BCUT2D eigenvalue weighted by atomic mass is 79.9. The smallest absolute Gasteiger partial charge is 0.339 e. The zero-order valence-electron chi connectivity index (χ0n) is 8.51. The molecular weight excluding hydrogens is 272 g/mol. The normalized spacial score (nSPS) is 10.4. The van der Waals surface area contributed by atoms with Gasteiger partial charge in [0.05, 0.1) is 11.4 Å². The second-order valence-electron chi connectivity index (χ2n) is 3.36. The minimum Gasteiger partial charge on any atom is -0.478 e. The molecule has 0 aliphatic heterocycles. The topological polar surface area (TPSA) is 55.1 Å². The van der Waals surface area contributed by atoms with Gasteiger partial charge < -0.3 is 5.11 Å². The summed E-state index contributed by atoms with van der Waals surface area (Å²) in [5.74, 6) is -0.959. The molecule has 2 aromatic rings. The van der Waals surface area contributed by atoms with Crippen LogP contribution >= 0.6 is 15.9 Å². The first-order chi connectivity index (χ1) is 7.58. The van der Waals surface area contributed by atoms with Crippen LogP contribution in [0.3, 0.4) is 0 Å². The lowest BCUT2D eigenvalue weighted by Crippen LogP contribution is -1.96. The van der Waals surface area contributed by atoms with Crippen LogP contribution in [0.15, 0.2) is 34.9 Å². The number of aromatic carboxylic acids is 1. The Bertz CT molecular complexity index is 549. The average molecular weight is 281 g/mol. The molecule has 0 fully saturated rings. The maximum absolute atomic E-state index is 10.9. The highest BCUT2D eigenvalue weighted by Gasteiger charge is 2.12. The Kier molecular flexibility index (Phi) is 2.78. The van der Waals surface area contributed by atoms with E-state index >= 15 is 0 Å². The molecule has 1 aromatic carbocycles. The lowest BCUT2D eigenvalue weighted by molar-refractivity contribution is 0.0696. The number of rotatable bonds is 2. The maximum Gasteiger partial charge on any atom is 0.339 e. The number of carboxylic acid groups (broad SMARTS) is 1. The first kappa shape index (κ1) is 10.9. The molecule has 0 aliphatic carbocycles. The molecule has 0 aliphatic rings. The summed E-state index contributed by atoms with van der Waals surface area (Å²) in [6.07, 6.45) is 1.51. The molecule has 0 atom stereocenters. The summed E-state index contributed by atoms with van der Waals surface area (Å²) in [6, 6.07) is 7.51. The molecule has 1 heterocycles. The third-order valence-electron chi connectivity index (χ3n) is 2.20. The molecular formula is C11H9BrN2O2. The van der Waals surface area contributed by atoms with Crippen molar-refractivity contribution in [2.45, 2.75) is 6.92 Å². The van der Waals surface area contributed by atoms with Crippen molar-refractivity contribution in [2.24, 2.45) is 0 Å². The molecule has 0 spiro atoms. The van der Waals surface area contributed by atoms with Crippen LogP contribution in [0.1, 0.15) is 16.1 Å². The summed E-state index contributed by atoms with van der Waals surface area (Å²) in [6.45, 7) is 1.68. The number of carboxylic acids is 1. The summed E-state index contributed by atoms with van der Waals surface area (Å²) in [7, 11) is 0. The van der Waals surface area contributed by atoms with Crippen molar-refractivity contribution in [3.8, 4) is 5.69 Å². The Hall–Kier alpha value is -1.62. The molecule has 82 valence electrons. The van der Waals surface area contributed by atoms with E-state index in [1.165, 1.54) is 6.20 Å². The Morgan fingerprint density at radius 1 is 1.50 bits per heavy atom. The third-order valence-corrected chi connectivity index (χ3v) is 2.70. The predicted octanol–water partition coefficient (Wildman–Crippen LogP) is 2.64. The van der Waals surface area contributed by atoms with Crippen molar-refractivity contribution >= 4 is 21.9 Å². The SMILES string of the molecule is Cc1nn(-c2cccc(Br)c2)cc1C(=O)O. The first-order valence-electron chi connectivity index (χ1n) is 4.63. The van der Waals surface area contributed by atoms with Gasteiger partial charge >= 0.3 is 5.97 Å². The fourth-order valence-corrected chi connectivity index (χ4v) is 1.81. The summed E-state index contributed by atoms with van der Waals surface area (Å²) in [5, 5.41) is 13.1.